The van der Waals surface area contributed by atoms with Gasteiger partial charge in [-0.15, -0.1) is 0 Å². The van der Waals surface area contributed by atoms with Crippen molar-refractivity contribution < 1.29 is 0 Å². The predicted molar refractivity (Wildman–Crippen MR) is 63.2 cm³/mol. The van der Waals surface area contributed by atoms with Crippen LogP contribution in [0.5, 0.6) is 0 Å². The van der Waals surface area contributed by atoms with Gasteiger partial charge in [0.2, 0.25) is 0 Å². The number of pyridine rings is 1. The number of H-pyrrole nitrogens is 1. The minimum Gasteiger partial charge on any atom is -0.340 e. The van der Waals surface area contributed by atoms with Crippen LogP contribution < -0.4 is 0 Å². The smallest absolute Gasteiger partial charge is 0.113 e. The van der Waals surface area contributed by atoms with E-state index in [4.69, 9.17) is 0 Å². The molecule has 1 aliphatic carbocycles. The average molecular weight is 299 g/mol. The first-order chi connectivity index (χ1) is 6.69. The van der Waals surface area contributed by atoms with E-state index in [2.05, 4.69) is 44.5 Å². The molecular weight excluding hydrogens is 289 g/mol. The zero-order valence-corrected chi connectivity index (χ0v) is 10.00. The summed E-state index contributed by atoms with van der Waals surface area (Å²) in [6, 6.07) is 0. The number of nitrogens with zero attached hydrogens (tertiary/aromatic N) is 2. The van der Waals surface area contributed by atoms with Gasteiger partial charge < -0.3 is 4.98 Å². The van der Waals surface area contributed by atoms with Gasteiger partial charge in [-0.25, -0.2) is 4.98 Å². The largest absolute Gasteiger partial charge is 0.340 e. The molecule has 2 aromatic heterocycles. The molecule has 3 nitrogen and oxygen atoms in total. The first-order valence-electron chi connectivity index (χ1n) is 4.69. The van der Waals surface area contributed by atoms with Crippen molar-refractivity contribution in [3.8, 4) is 0 Å². The van der Waals surface area contributed by atoms with Crippen molar-refractivity contribution >= 4 is 33.6 Å². The number of hydrogen-bond acceptors (Lipinski definition) is 2. The van der Waals surface area contributed by atoms with Crippen LogP contribution in [0.1, 0.15) is 25.6 Å². The number of hydrogen-bond donors (Lipinski definition) is 1. The number of aromatic amines is 1. The summed E-state index contributed by atoms with van der Waals surface area (Å²) in [5, 5.41) is 0. The molecule has 2 heterocycles. The highest BCUT2D eigenvalue weighted by Gasteiger charge is 2.42. The highest BCUT2D eigenvalue weighted by atomic mass is 127. The van der Waals surface area contributed by atoms with Crippen LogP contribution in [0.4, 0.5) is 0 Å². The van der Waals surface area contributed by atoms with Crippen LogP contribution in [0.3, 0.4) is 0 Å². The molecule has 0 saturated heterocycles. The number of halogens is 1. The molecule has 0 aliphatic heterocycles. The van der Waals surface area contributed by atoms with Crippen molar-refractivity contribution in [1.82, 2.24) is 15.0 Å². The van der Waals surface area contributed by atoms with Crippen LogP contribution >= 0.6 is 22.6 Å². The molecular formula is C10H10IN3. The quantitative estimate of drug-likeness (QED) is 0.822. The number of nitrogens with one attached hydrogen (secondary N) is 1. The molecule has 0 spiro atoms. The Hall–Kier alpha value is -0.650. The Morgan fingerprint density at radius 1 is 1.43 bits per heavy atom. The van der Waals surface area contributed by atoms with E-state index in [0.717, 1.165) is 20.4 Å². The van der Waals surface area contributed by atoms with Crippen LogP contribution in [0, 0.1) is 3.57 Å². The van der Waals surface area contributed by atoms with E-state index < -0.39 is 0 Å². The van der Waals surface area contributed by atoms with E-state index in [1.165, 1.54) is 12.8 Å². The van der Waals surface area contributed by atoms with Gasteiger partial charge in [0.05, 0.1) is 15.3 Å². The summed E-state index contributed by atoms with van der Waals surface area (Å²) in [5.41, 5.74) is 2.42. The summed E-state index contributed by atoms with van der Waals surface area (Å²) in [6.07, 6.45) is 6.19. The van der Waals surface area contributed by atoms with Gasteiger partial charge in [0.15, 0.2) is 0 Å². The number of imidazole rings is 1. The summed E-state index contributed by atoms with van der Waals surface area (Å²) in [5.74, 6) is 1.12. The van der Waals surface area contributed by atoms with Gasteiger partial charge in [-0.3, -0.25) is 4.98 Å². The normalized spacial score (nSPS) is 18.7. The number of fused-ring (bicyclic) bond motifs is 1. The van der Waals surface area contributed by atoms with Crippen LogP contribution in [-0.2, 0) is 5.41 Å². The summed E-state index contributed by atoms with van der Waals surface area (Å²) < 4.78 is 1.12. The SMILES string of the molecule is CC1(c2nc3c(I)cncc3[nH]2)CC1. The lowest BCUT2D eigenvalue weighted by atomic mass is 10.1. The van der Waals surface area contributed by atoms with E-state index >= 15 is 0 Å². The maximum Gasteiger partial charge on any atom is 0.113 e. The molecule has 2 aromatic rings. The van der Waals surface area contributed by atoms with Gasteiger partial charge in [-0.05, 0) is 35.4 Å². The summed E-state index contributed by atoms with van der Waals surface area (Å²) in [6.45, 7) is 2.25. The van der Waals surface area contributed by atoms with Crippen molar-refractivity contribution in [1.29, 1.82) is 0 Å². The van der Waals surface area contributed by atoms with Crippen molar-refractivity contribution in [3.05, 3.63) is 21.8 Å². The van der Waals surface area contributed by atoms with Crippen molar-refractivity contribution in [3.63, 3.8) is 0 Å². The monoisotopic (exact) mass is 299 g/mol. The maximum absolute atomic E-state index is 4.64. The van der Waals surface area contributed by atoms with Gasteiger partial charge in [-0.1, -0.05) is 6.92 Å². The minimum atomic E-state index is 0.308. The Morgan fingerprint density at radius 3 is 2.86 bits per heavy atom. The molecule has 1 saturated carbocycles. The Kier molecular flexibility index (Phi) is 1.66. The lowest BCUT2D eigenvalue weighted by Crippen LogP contribution is -2.01. The molecule has 72 valence electrons. The third kappa shape index (κ3) is 1.16. The minimum absolute atomic E-state index is 0.308. The van der Waals surface area contributed by atoms with Gasteiger partial charge in [0.25, 0.3) is 0 Å². The second-order valence-corrected chi connectivity index (χ2v) is 5.33. The molecule has 3 rings (SSSR count). The average Bonchev–Trinajstić information content (AvgIpc) is 2.77. The molecule has 0 amide bonds. The van der Waals surface area contributed by atoms with Crippen LogP contribution in [0.25, 0.3) is 11.0 Å². The number of rotatable bonds is 1. The lowest BCUT2D eigenvalue weighted by molar-refractivity contribution is 0.728. The molecule has 1 aliphatic rings. The molecule has 1 fully saturated rings. The molecule has 4 heteroatoms. The molecule has 1 N–H and O–H groups in total. The second kappa shape index (κ2) is 2.68. The van der Waals surface area contributed by atoms with Crippen LogP contribution in [0.2, 0.25) is 0 Å². The Morgan fingerprint density at radius 2 is 2.21 bits per heavy atom. The summed E-state index contributed by atoms with van der Waals surface area (Å²) in [7, 11) is 0. The highest BCUT2D eigenvalue weighted by Crippen LogP contribution is 2.46. The Bertz CT molecular complexity index is 499. The Labute approximate surface area is 95.5 Å². The van der Waals surface area contributed by atoms with E-state index in [1.54, 1.807) is 0 Å². The highest BCUT2D eigenvalue weighted by molar-refractivity contribution is 14.1. The first kappa shape index (κ1) is 8.64. The molecule has 0 radical (unpaired) electrons. The molecule has 0 atom stereocenters. The summed E-state index contributed by atoms with van der Waals surface area (Å²) in [4.78, 5) is 12.2. The van der Waals surface area contributed by atoms with Crippen molar-refractivity contribution in [2.24, 2.45) is 0 Å². The topological polar surface area (TPSA) is 41.6 Å². The van der Waals surface area contributed by atoms with Crippen LogP contribution in [0.15, 0.2) is 12.4 Å². The standard InChI is InChI=1S/C10H10IN3/c1-10(2-3-10)9-13-7-5-12-4-6(11)8(7)14-9/h4-5H,2-3H2,1H3,(H,13,14). The van der Waals surface area contributed by atoms with Gasteiger partial charge >= 0.3 is 0 Å². The van der Waals surface area contributed by atoms with Crippen molar-refractivity contribution in [2.75, 3.05) is 0 Å². The third-order valence-electron chi connectivity index (χ3n) is 2.92. The molecule has 0 aromatic carbocycles. The van der Waals surface area contributed by atoms with Crippen LogP contribution in [-0.4, -0.2) is 15.0 Å². The van der Waals surface area contributed by atoms with E-state index in [0.29, 0.717) is 5.41 Å². The van der Waals surface area contributed by atoms with Gasteiger partial charge in [0.1, 0.15) is 11.3 Å². The van der Waals surface area contributed by atoms with E-state index in [1.807, 2.05) is 12.4 Å². The zero-order valence-electron chi connectivity index (χ0n) is 7.84. The van der Waals surface area contributed by atoms with E-state index in [-0.39, 0.29) is 0 Å². The maximum atomic E-state index is 4.64. The number of aromatic nitrogens is 3. The third-order valence-corrected chi connectivity index (χ3v) is 3.71. The molecule has 0 bridgehead atoms. The van der Waals surface area contributed by atoms with E-state index in [9.17, 15) is 0 Å². The van der Waals surface area contributed by atoms with Crippen molar-refractivity contribution in [2.45, 2.75) is 25.2 Å². The van der Waals surface area contributed by atoms with Gasteiger partial charge in [0, 0.05) is 11.6 Å². The first-order valence-corrected chi connectivity index (χ1v) is 5.77. The molecule has 0 unspecified atom stereocenters. The second-order valence-electron chi connectivity index (χ2n) is 4.16. The van der Waals surface area contributed by atoms with Gasteiger partial charge in [-0.2, -0.15) is 0 Å². The fraction of sp³-hybridized carbons (Fsp3) is 0.400. The Balaban J connectivity index is 2.25. The summed E-state index contributed by atoms with van der Waals surface area (Å²) >= 11 is 2.28. The molecule has 14 heavy (non-hydrogen) atoms. The fourth-order valence-corrected chi connectivity index (χ4v) is 2.18. The zero-order chi connectivity index (χ0) is 9.76. The lowest BCUT2D eigenvalue weighted by Gasteiger charge is -2.00. The fourth-order valence-electron chi connectivity index (χ4n) is 1.61. The predicted octanol–water partition coefficient (Wildman–Crippen LogP) is 2.61.